The smallest absolute Gasteiger partial charge is 0.309 e. The van der Waals surface area contributed by atoms with E-state index in [4.69, 9.17) is 4.18 Å². The van der Waals surface area contributed by atoms with E-state index < -0.39 is 10.1 Å². The van der Waals surface area contributed by atoms with Gasteiger partial charge in [0.15, 0.2) is 0 Å². The standard InChI is InChI=1S/C12H18O3S.Fe/c1-2-3-4-8-11-16(13,14)15-12-9-6-5-7-10-12;/h5-7,9-10H,2-4,8,11H2,1H3;. The van der Waals surface area contributed by atoms with E-state index in [9.17, 15) is 8.42 Å². The first-order valence-corrected chi connectivity index (χ1v) is 7.19. The summed E-state index contributed by atoms with van der Waals surface area (Å²) in [5, 5.41) is 0. The molecule has 0 amide bonds. The minimum atomic E-state index is -3.42. The maximum absolute atomic E-state index is 11.5. The summed E-state index contributed by atoms with van der Waals surface area (Å²) in [5.74, 6) is 0.486. The Hall–Kier alpha value is -0.511. The number of rotatable bonds is 7. The molecule has 0 fully saturated rings. The molecule has 0 saturated heterocycles. The molecule has 0 bridgehead atoms. The molecule has 1 rings (SSSR count). The molecule has 0 unspecified atom stereocenters. The largest absolute Gasteiger partial charge is 0.382 e. The molecule has 0 aliphatic carbocycles. The third-order valence-electron chi connectivity index (χ3n) is 2.21. The third kappa shape index (κ3) is 7.42. The average molecular weight is 298 g/mol. The first kappa shape index (κ1) is 16.5. The van der Waals surface area contributed by atoms with Crippen LogP contribution in [0.1, 0.15) is 32.6 Å². The van der Waals surface area contributed by atoms with Crippen molar-refractivity contribution < 1.29 is 29.7 Å². The van der Waals surface area contributed by atoms with Crippen molar-refractivity contribution in [2.24, 2.45) is 0 Å². The van der Waals surface area contributed by atoms with Crippen LogP contribution in [-0.2, 0) is 27.2 Å². The molecular weight excluding hydrogens is 280 g/mol. The van der Waals surface area contributed by atoms with Crippen molar-refractivity contribution in [3.05, 3.63) is 30.3 Å². The van der Waals surface area contributed by atoms with E-state index in [0.717, 1.165) is 19.3 Å². The van der Waals surface area contributed by atoms with Crippen LogP contribution in [0.15, 0.2) is 30.3 Å². The van der Waals surface area contributed by atoms with Gasteiger partial charge in [-0.2, -0.15) is 8.42 Å². The maximum atomic E-state index is 11.5. The van der Waals surface area contributed by atoms with Crippen LogP contribution >= 0.6 is 0 Å². The number of para-hydroxylation sites is 1. The summed E-state index contributed by atoms with van der Waals surface area (Å²) in [7, 11) is -3.42. The number of benzene rings is 1. The second kappa shape index (κ2) is 8.56. The molecule has 0 N–H and O–H groups in total. The summed E-state index contributed by atoms with van der Waals surface area (Å²) in [6.45, 7) is 2.09. The predicted octanol–water partition coefficient (Wildman–Crippen LogP) is 2.97. The molecule has 1 aromatic rings. The van der Waals surface area contributed by atoms with Crippen molar-refractivity contribution in [3.8, 4) is 5.75 Å². The van der Waals surface area contributed by atoms with E-state index in [-0.39, 0.29) is 22.8 Å². The summed E-state index contributed by atoms with van der Waals surface area (Å²) < 4.78 is 28.0. The summed E-state index contributed by atoms with van der Waals surface area (Å²) >= 11 is 0. The van der Waals surface area contributed by atoms with Gasteiger partial charge in [-0.3, -0.25) is 0 Å². The van der Waals surface area contributed by atoms with E-state index in [1.807, 2.05) is 6.07 Å². The second-order valence-electron chi connectivity index (χ2n) is 3.72. The Morgan fingerprint density at radius 3 is 2.29 bits per heavy atom. The van der Waals surface area contributed by atoms with E-state index in [1.165, 1.54) is 0 Å². The van der Waals surface area contributed by atoms with Gasteiger partial charge < -0.3 is 4.18 Å². The molecule has 0 spiro atoms. The number of unbranched alkanes of at least 4 members (excludes halogenated alkanes) is 3. The zero-order chi connectivity index (χ0) is 11.9. The fourth-order valence-corrected chi connectivity index (χ4v) is 2.42. The molecule has 5 heteroatoms. The minimum absolute atomic E-state index is 0. The van der Waals surface area contributed by atoms with Gasteiger partial charge in [-0.15, -0.1) is 0 Å². The van der Waals surface area contributed by atoms with E-state index >= 15 is 0 Å². The topological polar surface area (TPSA) is 43.4 Å². The van der Waals surface area contributed by atoms with Gasteiger partial charge in [-0.05, 0) is 18.6 Å². The van der Waals surface area contributed by atoms with Crippen LogP contribution in [0.3, 0.4) is 0 Å². The van der Waals surface area contributed by atoms with Gasteiger partial charge >= 0.3 is 10.1 Å². The van der Waals surface area contributed by atoms with Gasteiger partial charge in [0.25, 0.3) is 0 Å². The maximum Gasteiger partial charge on any atom is 0.309 e. The van der Waals surface area contributed by atoms with Gasteiger partial charge in [-0.1, -0.05) is 44.4 Å². The molecule has 0 aromatic heterocycles. The number of hydrogen-bond acceptors (Lipinski definition) is 3. The summed E-state index contributed by atoms with van der Waals surface area (Å²) in [6.07, 6.45) is 3.78. The molecule has 98 valence electrons. The normalized spacial score (nSPS) is 10.6. The van der Waals surface area contributed by atoms with Crippen LogP contribution in [-0.4, -0.2) is 14.2 Å². The zero-order valence-electron chi connectivity index (χ0n) is 9.91. The van der Waals surface area contributed by atoms with Gasteiger partial charge in [0, 0.05) is 17.1 Å². The second-order valence-corrected chi connectivity index (χ2v) is 5.41. The van der Waals surface area contributed by atoms with Crippen LogP contribution < -0.4 is 4.18 Å². The SMILES string of the molecule is CCCCCCS(=O)(=O)Oc1ccccc1.[Fe]. The van der Waals surface area contributed by atoms with Crippen molar-refractivity contribution in [3.63, 3.8) is 0 Å². The molecule has 0 aliphatic rings. The molecule has 0 radical (unpaired) electrons. The molecule has 0 aliphatic heterocycles. The van der Waals surface area contributed by atoms with Crippen molar-refractivity contribution in [1.82, 2.24) is 0 Å². The summed E-state index contributed by atoms with van der Waals surface area (Å²) in [6, 6.07) is 8.61. The Morgan fingerprint density at radius 2 is 1.71 bits per heavy atom. The molecular formula is C12H18FeO3S. The summed E-state index contributed by atoms with van der Waals surface area (Å²) in [5.41, 5.74) is 0. The van der Waals surface area contributed by atoms with Crippen molar-refractivity contribution in [2.75, 3.05) is 5.75 Å². The van der Waals surface area contributed by atoms with Crippen molar-refractivity contribution >= 4 is 10.1 Å². The van der Waals surface area contributed by atoms with Crippen LogP contribution in [0, 0.1) is 0 Å². The van der Waals surface area contributed by atoms with Crippen molar-refractivity contribution in [1.29, 1.82) is 0 Å². The van der Waals surface area contributed by atoms with Gasteiger partial charge in [-0.25, -0.2) is 0 Å². The molecule has 3 nitrogen and oxygen atoms in total. The molecule has 1 aromatic carbocycles. The average Bonchev–Trinajstić information content (AvgIpc) is 2.25. The Morgan fingerprint density at radius 1 is 1.06 bits per heavy atom. The monoisotopic (exact) mass is 298 g/mol. The molecule has 17 heavy (non-hydrogen) atoms. The molecule has 0 heterocycles. The van der Waals surface area contributed by atoms with E-state index in [1.54, 1.807) is 24.3 Å². The zero-order valence-corrected chi connectivity index (χ0v) is 11.8. The van der Waals surface area contributed by atoms with Gasteiger partial charge in [0.2, 0.25) is 0 Å². The van der Waals surface area contributed by atoms with Crippen molar-refractivity contribution in [2.45, 2.75) is 32.6 Å². The van der Waals surface area contributed by atoms with Crippen LogP contribution in [0.2, 0.25) is 0 Å². The fraction of sp³-hybridized carbons (Fsp3) is 0.500. The van der Waals surface area contributed by atoms with Gasteiger partial charge in [0.05, 0.1) is 5.75 Å². The third-order valence-corrected chi connectivity index (χ3v) is 3.45. The molecule has 0 atom stereocenters. The first-order valence-electron chi connectivity index (χ1n) is 5.61. The number of hydrogen-bond donors (Lipinski definition) is 0. The quantitative estimate of drug-likeness (QED) is 0.441. The summed E-state index contributed by atoms with van der Waals surface area (Å²) in [4.78, 5) is 0. The van der Waals surface area contributed by atoms with Crippen LogP contribution in [0.4, 0.5) is 0 Å². The Bertz CT molecular complexity index is 389. The van der Waals surface area contributed by atoms with Gasteiger partial charge in [0.1, 0.15) is 5.75 Å². The van der Waals surface area contributed by atoms with E-state index in [2.05, 4.69) is 6.92 Å². The van der Waals surface area contributed by atoms with Crippen LogP contribution in [0.5, 0.6) is 5.75 Å². The first-order chi connectivity index (χ1) is 7.64. The fourth-order valence-electron chi connectivity index (χ4n) is 1.37. The Kier molecular flexibility index (Phi) is 8.30. The predicted molar refractivity (Wildman–Crippen MR) is 65.0 cm³/mol. The Labute approximate surface area is 114 Å². The van der Waals surface area contributed by atoms with Crippen LogP contribution in [0.25, 0.3) is 0 Å². The minimum Gasteiger partial charge on any atom is -0.382 e. The Balaban J connectivity index is 0.00000256. The molecule has 0 saturated carbocycles. The van der Waals surface area contributed by atoms with E-state index in [0.29, 0.717) is 12.2 Å².